The Labute approximate surface area is 158 Å². The molecule has 1 unspecified atom stereocenters. The van der Waals surface area contributed by atoms with Crippen molar-refractivity contribution < 1.29 is 14.3 Å². The van der Waals surface area contributed by atoms with E-state index in [0.29, 0.717) is 6.61 Å². The highest BCUT2D eigenvalue weighted by Crippen LogP contribution is 2.51. The fraction of sp³-hybridized carbons (Fsp3) is 0.455. The number of aromatic nitrogens is 1. The van der Waals surface area contributed by atoms with Crippen LogP contribution in [0.4, 0.5) is 0 Å². The summed E-state index contributed by atoms with van der Waals surface area (Å²) in [4.78, 5) is 26.9. The van der Waals surface area contributed by atoms with Crippen LogP contribution < -0.4 is 0 Å². The molecule has 0 aliphatic carbocycles. The van der Waals surface area contributed by atoms with E-state index in [-0.39, 0.29) is 35.6 Å². The third-order valence-corrected chi connectivity index (χ3v) is 6.84. The van der Waals surface area contributed by atoms with Gasteiger partial charge in [0.25, 0.3) is 0 Å². The lowest BCUT2D eigenvalue weighted by molar-refractivity contribution is -0.143. The van der Waals surface area contributed by atoms with Gasteiger partial charge in [0.1, 0.15) is 0 Å². The number of benzene rings is 1. The Morgan fingerprint density at radius 3 is 2.70 bits per heavy atom. The molecule has 2 aromatic rings. The maximum Gasteiger partial charge on any atom is 0.220 e. The third-order valence-electron chi connectivity index (χ3n) is 6.84. The van der Waals surface area contributed by atoms with Gasteiger partial charge in [0, 0.05) is 54.0 Å². The molecule has 0 radical (unpaired) electrons. The molecular formula is C22H24N2O3. The highest BCUT2D eigenvalue weighted by atomic mass is 16.5. The molecule has 3 aliphatic heterocycles. The van der Waals surface area contributed by atoms with Crippen molar-refractivity contribution in [1.29, 1.82) is 0 Å². The first-order chi connectivity index (χ1) is 13.0. The lowest BCUT2D eigenvalue weighted by atomic mass is 9.67. The number of piperidine rings is 1. The second-order valence-electron chi connectivity index (χ2n) is 8.12. The Morgan fingerprint density at radius 1 is 1.19 bits per heavy atom. The second kappa shape index (κ2) is 5.72. The predicted molar refractivity (Wildman–Crippen MR) is 102 cm³/mol. The summed E-state index contributed by atoms with van der Waals surface area (Å²) >= 11 is 0. The molecule has 3 aliphatic rings. The Bertz CT molecular complexity index is 1000. The fourth-order valence-electron chi connectivity index (χ4n) is 5.79. The molecular weight excluding hydrogens is 340 g/mol. The van der Waals surface area contributed by atoms with E-state index in [2.05, 4.69) is 40.8 Å². The van der Waals surface area contributed by atoms with Crippen LogP contribution in [-0.2, 0) is 27.8 Å². The maximum absolute atomic E-state index is 12.6. The number of allylic oxidation sites excluding steroid dienone is 1. The summed E-state index contributed by atoms with van der Waals surface area (Å²) in [6, 6.07) is 8.56. The van der Waals surface area contributed by atoms with Crippen LogP contribution in [0.3, 0.4) is 0 Å². The number of carbonyl (C=O) groups is 2. The molecule has 1 aromatic heterocycles. The summed E-state index contributed by atoms with van der Waals surface area (Å²) in [6.45, 7) is 3.86. The molecule has 0 N–H and O–H groups in total. The molecule has 27 heavy (non-hydrogen) atoms. The molecule has 4 heterocycles. The number of ketones is 1. The molecule has 140 valence electrons. The minimum Gasteiger partial charge on any atom is -0.500 e. The largest absolute Gasteiger partial charge is 0.500 e. The quantitative estimate of drug-likeness (QED) is 0.781. The average Bonchev–Trinajstić information content (AvgIpc) is 2.93. The van der Waals surface area contributed by atoms with Gasteiger partial charge in [-0.25, -0.2) is 0 Å². The molecule has 5 rings (SSSR count). The van der Waals surface area contributed by atoms with Crippen LogP contribution in [0.5, 0.6) is 0 Å². The number of aryl methyl sites for hydroxylation is 1. The number of carbonyl (C=O) groups excluding carboxylic acids is 2. The topological polar surface area (TPSA) is 51.5 Å². The number of para-hydroxylation sites is 1. The maximum atomic E-state index is 12.6. The summed E-state index contributed by atoms with van der Waals surface area (Å²) in [5.74, 6) is 0.517. The van der Waals surface area contributed by atoms with Gasteiger partial charge in [-0.05, 0) is 31.4 Å². The number of fused-ring (bicyclic) bond motifs is 8. The van der Waals surface area contributed by atoms with Crippen molar-refractivity contribution in [1.82, 2.24) is 9.47 Å². The van der Waals surface area contributed by atoms with Crippen molar-refractivity contribution in [3.8, 4) is 0 Å². The van der Waals surface area contributed by atoms with Crippen molar-refractivity contribution in [2.75, 3.05) is 6.61 Å². The lowest BCUT2D eigenvalue weighted by Gasteiger charge is -2.53. The number of ether oxygens (including phenoxy) is 1. The highest BCUT2D eigenvalue weighted by Gasteiger charge is 2.52. The standard InChI is InChI=1S/C22H24N2O3/c1-12(25)17-10-27-11-18-15(17)8-21-22-16(9-20(18)24(21)13(2)26)14-6-4-5-7-19(14)23(22)3/h4-7,10,15,18,20-21H,8-9,11H2,1-3H3/t15-,18+,20-,21?/m0/s1. The van der Waals surface area contributed by atoms with E-state index in [4.69, 9.17) is 4.74 Å². The minimum atomic E-state index is 0.00995. The van der Waals surface area contributed by atoms with Gasteiger partial charge in [-0.1, -0.05) is 18.2 Å². The Kier molecular flexibility index (Phi) is 3.51. The molecule has 1 amide bonds. The molecule has 1 saturated heterocycles. The van der Waals surface area contributed by atoms with Crippen molar-refractivity contribution in [2.45, 2.75) is 38.8 Å². The molecule has 1 aromatic carbocycles. The predicted octanol–water partition coefficient (Wildman–Crippen LogP) is 3.13. The summed E-state index contributed by atoms with van der Waals surface area (Å²) < 4.78 is 7.94. The van der Waals surface area contributed by atoms with Crippen molar-refractivity contribution in [3.63, 3.8) is 0 Å². The van der Waals surface area contributed by atoms with Gasteiger partial charge in [-0.3, -0.25) is 9.59 Å². The van der Waals surface area contributed by atoms with Crippen molar-refractivity contribution in [3.05, 3.63) is 47.4 Å². The molecule has 2 bridgehead atoms. The summed E-state index contributed by atoms with van der Waals surface area (Å²) in [7, 11) is 2.09. The summed E-state index contributed by atoms with van der Waals surface area (Å²) in [5, 5.41) is 1.28. The smallest absolute Gasteiger partial charge is 0.220 e. The van der Waals surface area contributed by atoms with Crippen molar-refractivity contribution in [2.24, 2.45) is 18.9 Å². The molecule has 1 fully saturated rings. The van der Waals surface area contributed by atoms with Gasteiger partial charge in [-0.2, -0.15) is 0 Å². The van der Waals surface area contributed by atoms with Gasteiger partial charge in [-0.15, -0.1) is 0 Å². The summed E-state index contributed by atoms with van der Waals surface area (Å²) in [6.07, 6.45) is 3.26. The number of Topliss-reactive ketones (excluding diaryl/α,β-unsaturated/α-hetero) is 1. The van der Waals surface area contributed by atoms with E-state index < -0.39 is 0 Å². The van der Waals surface area contributed by atoms with Crippen LogP contribution in [0.2, 0.25) is 0 Å². The molecule has 4 atom stereocenters. The van der Waals surface area contributed by atoms with E-state index in [1.54, 1.807) is 20.1 Å². The third kappa shape index (κ3) is 2.17. The zero-order valence-electron chi connectivity index (χ0n) is 15.9. The van der Waals surface area contributed by atoms with E-state index >= 15 is 0 Å². The van der Waals surface area contributed by atoms with Gasteiger partial charge in [0.15, 0.2) is 5.78 Å². The summed E-state index contributed by atoms with van der Waals surface area (Å²) in [5.41, 5.74) is 4.58. The molecule has 5 heteroatoms. The second-order valence-corrected chi connectivity index (χ2v) is 8.12. The highest BCUT2D eigenvalue weighted by molar-refractivity contribution is 5.94. The number of rotatable bonds is 1. The van der Waals surface area contributed by atoms with Gasteiger partial charge >= 0.3 is 0 Å². The van der Waals surface area contributed by atoms with Gasteiger partial charge in [0.05, 0.1) is 18.9 Å². The first-order valence-electron chi connectivity index (χ1n) is 9.66. The molecule has 5 nitrogen and oxygen atoms in total. The van der Waals surface area contributed by atoms with Crippen LogP contribution in [0.15, 0.2) is 36.1 Å². The minimum absolute atomic E-state index is 0.00995. The Balaban J connectivity index is 1.71. The SMILES string of the molecule is CC(=O)C1=COC[C@@H]2[C@H]1CC1c3c(c4ccccc4n3C)C[C@@H]2N1C(C)=O. The first-order valence-corrected chi connectivity index (χ1v) is 9.66. The van der Waals surface area contributed by atoms with E-state index in [9.17, 15) is 9.59 Å². The molecule has 0 spiro atoms. The van der Waals surface area contributed by atoms with Gasteiger partial charge in [0.2, 0.25) is 5.91 Å². The average molecular weight is 364 g/mol. The van der Waals surface area contributed by atoms with Crippen molar-refractivity contribution >= 4 is 22.6 Å². The number of nitrogens with zero attached hydrogens (tertiary/aromatic N) is 2. The van der Waals surface area contributed by atoms with E-state index in [1.807, 2.05) is 0 Å². The normalized spacial score (nSPS) is 28.9. The van der Waals surface area contributed by atoms with E-state index in [1.165, 1.54) is 22.2 Å². The van der Waals surface area contributed by atoms with E-state index in [0.717, 1.165) is 18.4 Å². The number of hydrogen-bond acceptors (Lipinski definition) is 3. The zero-order chi connectivity index (χ0) is 18.9. The van der Waals surface area contributed by atoms with Crippen LogP contribution in [0.1, 0.15) is 37.6 Å². The number of amides is 1. The Morgan fingerprint density at radius 2 is 1.96 bits per heavy atom. The zero-order valence-corrected chi connectivity index (χ0v) is 15.9. The monoisotopic (exact) mass is 364 g/mol. The first kappa shape index (κ1) is 16.6. The van der Waals surface area contributed by atoms with Gasteiger partial charge < -0.3 is 14.2 Å². The van der Waals surface area contributed by atoms with Crippen LogP contribution in [-0.4, -0.2) is 33.8 Å². The molecule has 0 saturated carbocycles. The van der Waals surface area contributed by atoms with Crippen LogP contribution in [0, 0.1) is 11.8 Å². The number of hydrogen-bond donors (Lipinski definition) is 0. The fourth-order valence-corrected chi connectivity index (χ4v) is 5.79. The van der Waals surface area contributed by atoms with Crippen LogP contribution in [0.25, 0.3) is 10.9 Å². The van der Waals surface area contributed by atoms with Crippen LogP contribution >= 0.6 is 0 Å². The Hall–Kier alpha value is -2.56. The lowest BCUT2D eigenvalue weighted by Crippen LogP contribution is -2.58.